The van der Waals surface area contributed by atoms with Gasteiger partial charge in [0.15, 0.2) is 0 Å². The van der Waals surface area contributed by atoms with Crippen LogP contribution >= 0.6 is 11.6 Å². The molecule has 0 heterocycles. The molecule has 0 radical (unpaired) electrons. The molecule has 0 saturated carbocycles. The largest absolute Gasteiger partial charge is 0.322 e. The zero-order valence-corrected chi connectivity index (χ0v) is 12.1. The highest BCUT2D eigenvalue weighted by Crippen LogP contribution is 2.28. The van der Waals surface area contributed by atoms with Gasteiger partial charge >= 0.3 is 5.69 Å². The van der Waals surface area contributed by atoms with E-state index in [1.54, 1.807) is 6.07 Å². The maximum atomic E-state index is 12.2. The van der Waals surface area contributed by atoms with Crippen LogP contribution in [0.3, 0.4) is 0 Å². The Labute approximate surface area is 126 Å². The van der Waals surface area contributed by atoms with E-state index < -0.39 is 10.8 Å². The first kappa shape index (κ1) is 15.0. The van der Waals surface area contributed by atoms with Crippen molar-refractivity contribution in [2.45, 2.75) is 13.3 Å². The average molecular weight is 305 g/mol. The van der Waals surface area contributed by atoms with E-state index in [1.807, 2.05) is 25.1 Å². The molecule has 1 amide bonds. The third kappa shape index (κ3) is 3.38. The second kappa shape index (κ2) is 6.37. The van der Waals surface area contributed by atoms with Crippen molar-refractivity contribution in [1.82, 2.24) is 0 Å². The first-order valence-electron chi connectivity index (χ1n) is 6.36. The van der Waals surface area contributed by atoms with Gasteiger partial charge in [0.2, 0.25) is 0 Å². The maximum absolute atomic E-state index is 12.2. The SMILES string of the molecule is CCc1cccc(NC(=O)c2cccc(Cl)c2[N+](=O)[O-])c1. The number of benzene rings is 2. The van der Waals surface area contributed by atoms with E-state index in [0.29, 0.717) is 5.69 Å². The van der Waals surface area contributed by atoms with Crippen LogP contribution in [-0.2, 0) is 6.42 Å². The number of nitrogens with one attached hydrogen (secondary N) is 1. The Kier molecular flexibility index (Phi) is 4.55. The van der Waals surface area contributed by atoms with Gasteiger partial charge in [0.1, 0.15) is 10.6 Å². The van der Waals surface area contributed by atoms with E-state index >= 15 is 0 Å². The second-order valence-corrected chi connectivity index (χ2v) is 4.81. The highest BCUT2D eigenvalue weighted by molar-refractivity contribution is 6.33. The van der Waals surface area contributed by atoms with Crippen molar-refractivity contribution in [1.29, 1.82) is 0 Å². The lowest BCUT2D eigenvalue weighted by molar-refractivity contribution is -0.385. The number of nitro benzene ring substituents is 1. The molecule has 2 aromatic carbocycles. The highest BCUT2D eigenvalue weighted by atomic mass is 35.5. The molecule has 0 fully saturated rings. The molecule has 0 saturated heterocycles. The molecule has 108 valence electrons. The zero-order chi connectivity index (χ0) is 15.4. The Morgan fingerprint density at radius 2 is 2.00 bits per heavy atom. The number of nitrogens with zero attached hydrogens (tertiary/aromatic N) is 1. The normalized spacial score (nSPS) is 10.2. The van der Waals surface area contributed by atoms with Crippen LogP contribution in [0.15, 0.2) is 42.5 Å². The van der Waals surface area contributed by atoms with E-state index in [1.165, 1.54) is 18.2 Å². The van der Waals surface area contributed by atoms with Crippen LogP contribution < -0.4 is 5.32 Å². The number of rotatable bonds is 4. The van der Waals surface area contributed by atoms with E-state index in [0.717, 1.165) is 12.0 Å². The van der Waals surface area contributed by atoms with Gasteiger partial charge in [-0.05, 0) is 36.2 Å². The first-order valence-corrected chi connectivity index (χ1v) is 6.74. The summed E-state index contributed by atoms with van der Waals surface area (Å²) in [5.41, 5.74) is 1.21. The summed E-state index contributed by atoms with van der Waals surface area (Å²) in [5, 5.41) is 13.6. The molecule has 0 spiro atoms. The van der Waals surface area contributed by atoms with Crippen LogP contribution in [0.25, 0.3) is 0 Å². The molecule has 6 heteroatoms. The van der Waals surface area contributed by atoms with Crippen LogP contribution in [0.2, 0.25) is 5.02 Å². The molecule has 0 aliphatic rings. The zero-order valence-electron chi connectivity index (χ0n) is 11.3. The lowest BCUT2D eigenvalue weighted by Crippen LogP contribution is -2.14. The Hall–Kier alpha value is -2.40. The van der Waals surface area contributed by atoms with Gasteiger partial charge in [-0.3, -0.25) is 14.9 Å². The number of aryl methyl sites for hydroxylation is 1. The van der Waals surface area contributed by atoms with E-state index in [4.69, 9.17) is 11.6 Å². The maximum Gasteiger partial charge on any atom is 0.300 e. The van der Waals surface area contributed by atoms with Gasteiger partial charge in [0.05, 0.1) is 4.92 Å². The number of carbonyl (C=O) groups excluding carboxylic acids is 1. The number of halogens is 1. The Balaban J connectivity index is 2.32. The lowest BCUT2D eigenvalue weighted by Gasteiger charge is -2.07. The third-order valence-corrected chi connectivity index (χ3v) is 3.31. The van der Waals surface area contributed by atoms with Crippen molar-refractivity contribution >= 4 is 28.9 Å². The molecule has 1 N–H and O–H groups in total. The van der Waals surface area contributed by atoms with Crippen molar-refractivity contribution in [3.05, 3.63) is 68.7 Å². The van der Waals surface area contributed by atoms with Crippen molar-refractivity contribution < 1.29 is 9.72 Å². The molecule has 5 nitrogen and oxygen atoms in total. The number of amides is 1. The van der Waals surface area contributed by atoms with E-state index in [9.17, 15) is 14.9 Å². The first-order chi connectivity index (χ1) is 10.0. The fourth-order valence-corrected chi connectivity index (χ4v) is 2.20. The highest BCUT2D eigenvalue weighted by Gasteiger charge is 2.23. The van der Waals surface area contributed by atoms with Crippen molar-refractivity contribution in [2.24, 2.45) is 0 Å². The molecular weight excluding hydrogens is 292 g/mol. The summed E-state index contributed by atoms with van der Waals surface area (Å²) in [6.07, 6.45) is 0.834. The van der Waals surface area contributed by atoms with Crippen molar-refractivity contribution in [3.63, 3.8) is 0 Å². The molecule has 0 bridgehead atoms. The summed E-state index contributed by atoms with van der Waals surface area (Å²) in [6.45, 7) is 2.00. The summed E-state index contributed by atoms with van der Waals surface area (Å²) in [4.78, 5) is 22.6. The smallest absolute Gasteiger partial charge is 0.300 e. The van der Waals surface area contributed by atoms with Crippen molar-refractivity contribution in [2.75, 3.05) is 5.32 Å². The molecule has 0 aromatic heterocycles. The lowest BCUT2D eigenvalue weighted by atomic mass is 10.1. The fraction of sp³-hybridized carbons (Fsp3) is 0.133. The predicted octanol–water partition coefficient (Wildman–Crippen LogP) is 4.06. The number of carbonyl (C=O) groups is 1. The number of nitro groups is 1. The van der Waals surface area contributed by atoms with Gasteiger partial charge in [0, 0.05) is 5.69 Å². The van der Waals surface area contributed by atoms with Crippen LogP contribution in [0.4, 0.5) is 11.4 Å². The minimum absolute atomic E-state index is 0.0602. The molecular formula is C15H13ClN2O3. The van der Waals surface area contributed by atoms with E-state index in [2.05, 4.69) is 5.32 Å². The van der Waals surface area contributed by atoms with Gasteiger partial charge in [-0.15, -0.1) is 0 Å². The van der Waals surface area contributed by atoms with Crippen LogP contribution in [0.5, 0.6) is 0 Å². The molecule has 2 rings (SSSR count). The quantitative estimate of drug-likeness (QED) is 0.683. The standard InChI is InChI=1S/C15H13ClN2O3/c1-2-10-5-3-6-11(9-10)17-15(19)12-7-4-8-13(16)14(12)18(20)21/h3-9H,2H2,1H3,(H,17,19). The molecule has 0 atom stereocenters. The van der Waals surface area contributed by atoms with Crippen molar-refractivity contribution in [3.8, 4) is 0 Å². The number of hydrogen-bond acceptors (Lipinski definition) is 3. The van der Waals surface area contributed by atoms with Gasteiger partial charge in [-0.25, -0.2) is 0 Å². The Bertz CT molecular complexity index is 701. The molecule has 21 heavy (non-hydrogen) atoms. The van der Waals surface area contributed by atoms with E-state index in [-0.39, 0.29) is 16.3 Å². The molecule has 2 aromatic rings. The monoisotopic (exact) mass is 304 g/mol. The molecule has 0 aliphatic heterocycles. The molecule has 0 unspecified atom stereocenters. The van der Waals surface area contributed by atoms with Gasteiger partial charge < -0.3 is 5.32 Å². The van der Waals surface area contributed by atoms with Crippen LogP contribution in [0.1, 0.15) is 22.8 Å². The minimum atomic E-state index is -0.653. The minimum Gasteiger partial charge on any atom is -0.322 e. The summed E-state index contributed by atoms with van der Waals surface area (Å²) < 4.78 is 0. The number of anilines is 1. The predicted molar refractivity (Wildman–Crippen MR) is 81.9 cm³/mol. The summed E-state index contributed by atoms with van der Waals surface area (Å²) >= 11 is 5.80. The van der Waals surface area contributed by atoms with Gasteiger partial charge in [-0.2, -0.15) is 0 Å². The number of para-hydroxylation sites is 1. The summed E-state index contributed by atoms with van der Waals surface area (Å²) in [7, 11) is 0. The Morgan fingerprint density at radius 3 is 2.67 bits per heavy atom. The Morgan fingerprint density at radius 1 is 1.29 bits per heavy atom. The second-order valence-electron chi connectivity index (χ2n) is 4.40. The van der Waals surface area contributed by atoms with Crippen LogP contribution in [-0.4, -0.2) is 10.8 Å². The van der Waals surface area contributed by atoms with Gasteiger partial charge in [-0.1, -0.05) is 36.7 Å². The summed E-state index contributed by atoms with van der Waals surface area (Å²) in [6, 6.07) is 11.6. The topological polar surface area (TPSA) is 72.2 Å². The fourth-order valence-electron chi connectivity index (χ4n) is 1.95. The average Bonchev–Trinajstić information content (AvgIpc) is 2.46. The number of hydrogen-bond donors (Lipinski definition) is 1. The molecule has 0 aliphatic carbocycles. The van der Waals surface area contributed by atoms with Gasteiger partial charge in [0.25, 0.3) is 5.91 Å². The summed E-state index contributed by atoms with van der Waals surface area (Å²) in [5.74, 6) is -0.558. The third-order valence-electron chi connectivity index (χ3n) is 3.01. The van der Waals surface area contributed by atoms with Crippen LogP contribution in [0, 0.1) is 10.1 Å².